The molecule has 1 atom stereocenters. The third-order valence-electron chi connectivity index (χ3n) is 4.11. The summed E-state index contributed by atoms with van der Waals surface area (Å²) in [5.41, 5.74) is 3.37. The summed E-state index contributed by atoms with van der Waals surface area (Å²) < 4.78 is 1.72. The lowest BCUT2D eigenvalue weighted by atomic mass is 9.95. The van der Waals surface area contributed by atoms with Crippen LogP contribution in [0.1, 0.15) is 30.5 Å². The van der Waals surface area contributed by atoms with Crippen molar-refractivity contribution in [3.8, 4) is 11.3 Å². The quantitative estimate of drug-likeness (QED) is 0.752. The van der Waals surface area contributed by atoms with Crippen molar-refractivity contribution in [2.45, 2.75) is 25.8 Å². The fraction of sp³-hybridized carbons (Fsp3) is 0.263. The summed E-state index contributed by atoms with van der Waals surface area (Å²) in [5, 5.41) is 7.17. The van der Waals surface area contributed by atoms with Gasteiger partial charge in [0.25, 0.3) is 0 Å². The number of benzene rings is 1. The third kappa shape index (κ3) is 3.91. The number of hydrogen-bond acceptors (Lipinski definition) is 4. The van der Waals surface area contributed by atoms with E-state index in [1.54, 1.807) is 23.3 Å². The molecule has 1 N–H and O–H groups in total. The number of nitrogens with zero attached hydrogens (tertiary/aromatic N) is 4. The summed E-state index contributed by atoms with van der Waals surface area (Å²) in [4.78, 5) is 21.4. The van der Waals surface area contributed by atoms with Gasteiger partial charge in [-0.1, -0.05) is 37.3 Å². The van der Waals surface area contributed by atoms with Crippen molar-refractivity contribution in [3.05, 3.63) is 66.4 Å². The van der Waals surface area contributed by atoms with Crippen LogP contribution in [0.25, 0.3) is 11.3 Å². The van der Waals surface area contributed by atoms with E-state index in [4.69, 9.17) is 0 Å². The minimum atomic E-state index is -0.167. The molecule has 0 saturated heterocycles. The van der Waals surface area contributed by atoms with Crippen LogP contribution in [0.5, 0.6) is 0 Å². The Hall–Kier alpha value is -3.02. The summed E-state index contributed by atoms with van der Waals surface area (Å²) in [6.45, 7) is 2.35. The second-order valence-electron chi connectivity index (χ2n) is 5.84. The van der Waals surface area contributed by atoms with Gasteiger partial charge in [-0.05, 0) is 12.0 Å². The molecule has 25 heavy (non-hydrogen) atoms. The molecule has 128 valence electrons. The number of carbonyl (C=O) groups is 1. The largest absolute Gasteiger partial charge is 0.350 e. The zero-order valence-electron chi connectivity index (χ0n) is 14.4. The van der Waals surface area contributed by atoms with E-state index < -0.39 is 0 Å². The monoisotopic (exact) mass is 335 g/mol. The predicted molar refractivity (Wildman–Crippen MR) is 95.6 cm³/mol. The third-order valence-corrected chi connectivity index (χ3v) is 4.11. The van der Waals surface area contributed by atoms with Crippen LogP contribution in [0, 0.1) is 0 Å². The molecule has 6 heteroatoms. The van der Waals surface area contributed by atoms with Crippen LogP contribution in [-0.4, -0.2) is 25.7 Å². The van der Waals surface area contributed by atoms with Crippen LogP contribution in [0.3, 0.4) is 0 Å². The molecule has 0 fully saturated rings. The Morgan fingerprint density at radius 1 is 1.20 bits per heavy atom. The van der Waals surface area contributed by atoms with E-state index in [2.05, 4.69) is 20.4 Å². The first-order valence-electron chi connectivity index (χ1n) is 8.30. The van der Waals surface area contributed by atoms with Gasteiger partial charge in [0.1, 0.15) is 0 Å². The van der Waals surface area contributed by atoms with Crippen LogP contribution < -0.4 is 5.32 Å². The van der Waals surface area contributed by atoms with E-state index in [1.165, 1.54) is 0 Å². The minimum absolute atomic E-state index is 0.00325. The maximum absolute atomic E-state index is 12.6. The first kappa shape index (κ1) is 16.8. The van der Waals surface area contributed by atoms with Gasteiger partial charge >= 0.3 is 0 Å². The smallest absolute Gasteiger partial charge is 0.227 e. The van der Waals surface area contributed by atoms with Gasteiger partial charge in [0.15, 0.2) is 0 Å². The molecule has 0 saturated carbocycles. The maximum Gasteiger partial charge on any atom is 0.227 e. The molecule has 0 aliphatic rings. The summed E-state index contributed by atoms with van der Waals surface area (Å²) in [6, 6.07) is 9.82. The summed E-state index contributed by atoms with van der Waals surface area (Å²) in [7, 11) is 1.85. The lowest BCUT2D eigenvalue weighted by molar-refractivity contribution is -0.122. The van der Waals surface area contributed by atoms with Crippen molar-refractivity contribution < 1.29 is 4.79 Å². The van der Waals surface area contributed by atoms with Gasteiger partial charge in [-0.25, -0.2) is 0 Å². The Labute approximate surface area is 146 Å². The van der Waals surface area contributed by atoms with E-state index in [0.29, 0.717) is 6.54 Å². The van der Waals surface area contributed by atoms with E-state index in [9.17, 15) is 4.79 Å². The zero-order valence-corrected chi connectivity index (χ0v) is 14.4. The molecule has 1 amide bonds. The first-order valence-corrected chi connectivity index (χ1v) is 8.30. The fourth-order valence-corrected chi connectivity index (χ4v) is 2.83. The standard InChI is InChI=1S/C19H21N5O/c1-3-16(14-7-5-4-6-8-14)19(25)22-12-17-18(21-10-9-20-17)15-11-23-24(2)13-15/h4-11,13,16H,3,12H2,1-2H3,(H,22,25)/t16-/m1/s1. The molecule has 6 nitrogen and oxygen atoms in total. The van der Waals surface area contributed by atoms with Gasteiger partial charge in [-0.3, -0.25) is 19.4 Å². The Bertz CT molecular complexity index is 844. The van der Waals surface area contributed by atoms with Crippen molar-refractivity contribution in [2.75, 3.05) is 0 Å². The van der Waals surface area contributed by atoms with Crippen molar-refractivity contribution in [3.63, 3.8) is 0 Å². The van der Waals surface area contributed by atoms with Crippen molar-refractivity contribution in [2.24, 2.45) is 7.05 Å². The van der Waals surface area contributed by atoms with Crippen LogP contribution in [0.4, 0.5) is 0 Å². The highest BCUT2D eigenvalue weighted by Gasteiger charge is 2.19. The van der Waals surface area contributed by atoms with Crippen molar-refractivity contribution >= 4 is 5.91 Å². The molecule has 1 aromatic carbocycles. The average molecular weight is 335 g/mol. The van der Waals surface area contributed by atoms with Crippen LogP contribution >= 0.6 is 0 Å². The lowest BCUT2D eigenvalue weighted by Gasteiger charge is -2.15. The maximum atomic E-state index is 12.6. The van der Waals surface area contributed by atoms with Crippen molar-refractivity contribution in [1.82, 2.24) is 25.1 Å². The summed E-state index contributed by atoms with van der Waals surface area (Å²) in [5.74, 6) is -0.170. The molecular formula is C19H21N5O. The van der Waals surface area contributed by atoms with E-state index >= 15 is 0 Å². The lowest BCUT2D eigenvalue weighted by Crippen LogP contribution is -2.29. The summed E-state index contributed by atoms with van der Waals surface area (Å²) in [6.07, 6.45) is 7.65. The minimum Gasteiger partial charge on any atom is -0.350 e. The topological polar surface area (TPSA) is 72.7 Å². The SMILES string of the molecule is CC[C@@H](C(=O)NCc1nccnc1-c1cnn(C)c1)c1ccccc1. The number of carbonyl (C=O) groups excluding carboxylic acids is 1. The molecule has 3 aromatic rings. The van der Waals surface area contributed by atoms with E-state index in [0.717, 1.165) is 28.9 Å². The molecule has 0 bridgehead atoms. The van der Waals surface area contributed by atoms with E-state index in [-0.39, 0.29) is 11.8 Å². The predicted octanol–water partition coefficient (Wildman–Crippen LogP) is 2.69. The van der Waals surface area contributed by atoms with Crippen LogP contribution in [0.15, 0.2) is 55.1 Å². The molecule has 0 aliphatic carbocycles. The number of hydrogen-bond donors (Lipinski definition) is 1. The Morgan fingerprint density at radius 3 is 2.64 bits per heavy atom. The average Bonchev–Trinajstić information content (AvgIpc) is 3.08. The van der Waals surface area contributed by atoms with Crippen LogP contribution in [0.2, 0.25) is 0 Å². The van der Waals surface area contributed by atoms with E-state index in [1.807, 2.05) is 50.5 Å². The molecule has 3 rings (SSSR count). The first-order chi connectivity index (χ1) is 12.2. The highest BCUT2D eigenvalue weighted by Crippen LogP contribution is 2.21. The van der Waals surface area contributed by atoms with Gasteiger partial charge in [0.2, 0.25) is 5.91 Å². The number of rotatable bonds is 6. The second-order valence-corrected chi connectivity index (χ2v) is 5.84. The molecule has 2 aromatic heterocycles. The van der Waals surface area contributed by atoms with Gasteiger partial charge in [0.05, 0.1) is 30.0 Å². The van der Waals surface area contributed by atoms with Gasteiger partial charge in [-0.15, -0.1) is 0 Å². The highest BCUT2D eigenvalue weighted by molar-refractivity contribution is 5.83. The number of aryl methyl sites for hydroxylation is 1. The Balaban J connectivity index is 1.74. The van der Waals surface area contributed by atoms with Gasteiger partial charge in [0, 0.05) is 31.2 Å². The molecule has 0 radical (unpaired) electrons. The van der Waals surface area contributed by atoms with Gasteiger partial charge < -0.3 is 5.32 Å². The second kappa shape index (κ2) is 7.70. The number of aromatic nitrogens is 4. The molecule has 0 unspecified atom stereocenters. The highest BCUT2D eigenvalue weighted by atomic mass is 16.1. The fourth-order valence-electron chi connectivity index (χ4n) is 2.83. The molecule has 0 aliphatic heterocycles. The van der Waals surface area contributed by atoms with Crippen molar-refractivity contribution in [1.29, 1.82) is 0 Å². The molecule has 0 spiro atoms. The number of nitrogens with one attached hydrogen (secondary N) is 1. The molecule has 2 heterocycles. The Kier molecular flexibility index (Phi) is 5.18. The molecular weight excluding hydrogens is 314 g/mol. The van der Waals surface area contributed by atoms with Crippen LogP contribution in [-0.2, 0) is 18.4 Å². The Morgan fingerprint density at radius 2 is 1.96 bits per heavy atom. The zero-order chi connectivity index (χ0) is 17.6. The summed E-state index contributed by atoms with van der Waals surface area (Å²) >= 11 is 0. The van der Waals surface area contributed by atoms with Gasteiger partial charge in [-0.2, -0.15) is 5.10 Å². The normalized spacial score (nSPS) is 11.9. The number of amides is 1.